The van der Waals surface area contributed by atoms with E-state index in [1.54, 1.807) is 14.4 Å². The van der Waals surface area contributed by atoms with Crippen LogP contribution >= 0.6 is 0 Å². The Balaban J connectivity index is 0.000000380. The van der Waals surface area contributed by atoms with E-state index in [0.29, 0.717) is 0 Å². The third-order valence-corrected chi connectivity index (χ3v) is 9.34. The predicted octanol–water partition coefficient (Wildman–Crippen LogP) is 11.1. The average molecular weight is 670 g/mol. The minimum absolute atomic E-state index is 0.882. The first-order chi connectivity index (χ1) is 23.1. The molecule has 250 valence electrons. The zero-order valence-corrected chi connectivity index (χ0v) is 30.1. The van der Waals surface area contributed by atoms with E-state index in [0.717, 1.165) is 56.9 Å². The van der Waals surface area contributed by atoms with Crippen LogP contribution in [0.25, 0.3) is 11.1 Å². The van der Waals surface area contributed by atoms with E-state index in [4.69, 9.17) is 0 Å². The minimum atomic E-state index is 0.882. The van der Waals surface area contributed by atoms with Crippen LogP contribution in [0.2, 0.25) is 0 Å². The van der Waals surface area contributed by atoms with E-state index >= 15 is 0 Å². The third kappa shape index (κ3) is 13.5. The van der Waals surface area contributed by atoms with Crippen molar-refractivity contribution in [3.8, 4) is 0 Å². The maximum atomic E-state index is 9.46. The fourth-order valence-electron chi connectivity index (χ4n) is 5.48. The zero-order valence-electron chi connectivity index (χ0n) is 29.1. The van der Waals surface area contributed by atoms with Gasteiger partial charge in [0, 0.05) is 0 Å². The molecule has 0 fully saturated rings. The number of allylic oxidation sites excluding steroid dienone is 2. The number of hydrogen-bond donors (Lipinski definition) is 0. The summed E-state index contributed by atoms with van der Waals surface area (Å²) in [5.74, 6) is 2.97. The van der Waals surface area contributed by atoms with Crippen LogP contribution < -0.4 is 9.07 Å². The predicted molar refractivity (Wildman–Crippen MR) is 199 cm³/mol. The molecule has 47 heavy (non-hydrogen) atoms. The van der Waals surface area contributed by atoms with Crippen LogP contribution in [0, 0.1) is 0 Å². The molecule has 3 heteroatoms. The molecule has 4 rings (SSSR count). The summed E-state index contributed by atoms with van der Waals surface area (Å²) in [7, 11) is 0. The van der Waals surface area contributed by atoms with Gasteiger partial charge in [0.2, 0.25) is 0 Å². The Morgan fingerprint density at radius 3 is 1.68 bits per heavy atom. The molecule has 0 spiro atoms. The van der Waals surface area contributed by atoms with E-state index in [1.165, 1.54) is 68.2 Å². The molecule has 0 aliphatic carbocycles. The molecule has 0 saturated heterocycles. The van der Waals surface area contributed by atoms with Crippen molar-refractivity contribution in [2.45, 2.75) is 105 Å². The topological polar surface area (TPSA) is 36.4 Å². The fraction of sp³-hybridized carbons (Fsp3) is 0.364. The van der Waals surface area contributed by atoms with Crippen molar-refractivity contribution in [1.29, 1.82) is 0 Å². The average Bonchev–Trinajstić information content (AvgIpc) is 3.12. The molecular formula is C44H54N2Ni. The van der Waals surface area contributed by atoms with Gasteiger partial charge < -0.3 is 5.53 Å². The molecule has 0 atom stereocenters. The molecule has 0 aromatic heterocycles. The van der Waals surface area contributed by atoms with E-state index < -0.39 is 0 Å². The van der Waals surface area contributed by atoms with Crippen molar-refractivity contribution >= 4 is 20.5 Å². The Kier molecular flexibility index (Phi) is 18.3. The number of benzene rings is 4. The second-order valence-corrected chi connectivity index (χ2v) is 13.3. The van der Waals surface area contributed by atoms with Gasteiger partial charge in [-0.15, -0.1) is 4.79 Å². The second kappa shape index (κ2) is 22.7. The standard InChI is InChI=1S/C32H44N2.2C6H5.Ni/c1-5-9-14-26-20-22-28(23-21-26)32(29-18-13-16-27(24-29)15-10-6-2)31(19-12-8-4)30(25-34-33)17-11-7-3;2*1-2-4-6-5-3-1;/h13,16,18,20-24H,5-12,14-15,17,19H2,1-4H3;2*1-5H;. The van der Waals surface area contributed by atoms with Crippen LogP contribution in [-0.2, 0) is 27.3 Å². The van der Waals surface area contributed by atoms with Crippen LogP contribution in [0.15, 0.2) is 120 Å². The van der Waals surface area contributed by atoms with Gasteiger partial charge in [-0.2, -0.15) is 0 Å². The van der Waals surface area contributed by atoms with Gasteiger partial charge in [0.25, 0.3) is 0 Å². The molecule has 0 amide bonds. The number of nitrogens with zero attached hydrogens (tertiary/aromatic N) is 2. The summed E-state index contributed by atoms with van der Waals surface area (Å²) in [6.45, 7) is 8.93. The molecule has 0 N–H and O–H groups in total. The normalized spacial score (nSPS) is 11.1. The summed E-state index contributed by atoms with van der Waals surface area (Å²) >= 11 is 1.60. The summed E-state index contributed by atoms with van der Waals surface area (Å²) in [5, 5.41) is 0. The SMILES string of the molecule is CCCCC(=C=[N+]=[N-])C(CCCC)=C(c1ccc(CCCC)cc1)c1cccc(CCCC)c1.c1cc[c]([Ni][c]2ccccc2)cc1. The summed E-state index contributed by atoms with van der Waals surface area (Å²) in [4.78, 5) is 3.37. The molecule has 0 aliphatic heterocycles. The number of rotatable bonds is 17. The molecular weight excluding hydrogens is 615 g/mol. The van der Waals surface area contributed by atoms with Gasteiger partial charge in [-0.3, -0.25) is 0 Å². The Morgan fingerprint density at radius 2 is 1.13 bits per heavy atom. The summed E-state index contributed by atoms with van der Waals surface area (Å²) in [5.41, 5.74) is 18.4. The molecule has 4 aromatic rings. The Hall–Kier alpha value is -3.73. The molecule has 0 bridgehead atoms. The number of unbranched alkanes of at least 4 members (excludes halogenated alkanes) is 4. The monoisotopic (exact) mass is 668 g/mol. The van der Waals surface area contributed by atoms with Crippen molar-refractivity contribution in [1.82, 2.24) is 0 Å². The Morgan fingerprint density at radius 1 is 0.574 bits per heavy atom. The van der Waals surface area contributed by atoms with Gasteiger partial charge in [-0.25, -0.2) is 0 Å². The molecule has 0 aliphatic rings. The summed E-state index contributed by atoms with van der Waals surface area (Å²) in [6.07, 6.45) is 13.3. The molecule has 0 heterocycles. The van der Waals surface area contributed by atoms with Gasteiger partial charge in [-0.05, 0) is 84.8 Å². The Bertz CT molecular complexity index is 1520. The molecule has 0 unspecified atom stereocenters. The molecule has 0 radical (unpaired) electrons. The van der Waals surface area contributed by atoms with Crippen LogP contribution in [0.1, 0.15) is 114 Å². The first-order valence-electron chi connectivity index (χ1n) is 17.7. The van der Waals surface area contributed by atoms with Crippen LogP contribution in [0.4, 0.5) is 0 Å². The molecule has 0 saturated carbocycles. The second-order valence-electron chi connectivity index (χ2n) is 12.0. The quantitative estimate of drug-likeness (QED) is 0.0353. The zero-order chi connectivity index (χ0) is 33.5. The van der Waals surface area contributed by atoms with Crippen molar-refractivity contribution in [3.63, 3.8) is 0 Å². The first kappa shape index (κ1) is 37.7. The van der Waals surface area contributed by atoms with Crippen molar-refractivity contribution < 1.29 is 19.2 Å². The van der Waals surface area contributed by atoms with Crippen molar-refractivity contribution in [2.24, 2.45) is 0 Å². The number of aryl methyl sites for hydroxylation is 2. The van der Waals surface area contributed by atoms with E-state index in [-0.39, 0.29) is 0 Å². The van der Waals surface area contributed by atoms with Crippen molar-refractivity contribution in [2.75, 3.05) is 0 Å². The Labute approximate surface area is 291 Å². The van der Waals surface area contributed by atoms with Gasteiger partial charge in [0.1, 0.15) is 0 Å². The summed E-state index contributed by atoms with van der Waals surface area (Å²) in [6, 6.07) is 39.1. The third-order valence-electron chi connectivity index (χ3n) is 8.12. The van der Waals surface area contributed by atoms with Crippen molar-refractivity contribution in [3.05, 3.63) is 148 Å². The molecule has 2 nitrogen and oxygen atoms in total. The van der Waals surface area contributed by atoms with Crippen LogP contribution in [0.5, 0.6) is 0 Å². The van der Waals surface area contributed by atoms with Gasteiger partial charge in [0.15, 0.2) is 0 Å². The van der Waals surface area contributed by atoms with E-state index in [2.05, 4.69) is 135 Å². The first-order valence-corrected chi connectivity index (χ1v) is 18.7. The maximum absolute atomic E-state index is 9.46. The van der Waals surface area contributed by atoms with Gasteiger partial charge in [-0.1, -0.05) is 102 Å². The molecule has 4 aromatic carbocycles. The van der Waals surface area contributed by atoms with Gasteiger partial charge >= 0.3 is 90.0 Å². The van der Waals surface area contributed by atoms with E-state index in [1.807, 2.05) is 12.1 Å². The number of hydrogen-bond acceptors (Lipinski definition) is 0. The van der Waals surface area contributed by atoms with Crippen LogP contribution in [0.3, 0.4) is 0 Å². The van der Waals surface area contributed by atoms with E-state index in [9.17, 15) is 5.53 Å². The van der Waals surface area contributed by atoms with Crippen LogP contribution in [-0.4, -0.2) is 10.7 Å². The fourth-order valence-corrected chi connectivity index (χ4v) is 6.52. The van der Waals surface area contributed by atoms with Gasteiger partial charge in [0.05, 0.1) is 5.57 Å². The summed E-state index contributed by atoms with van der Waals surface area (Å²) < 4.78 is 2.61.